The van der Waals surface area contributed by atoms with Gasteiger partial charge < -0.3 is 4.98 Å². The molecule has 0 amide bonds. The van der Waals surface area contributed by atoms with E-state index >= 15 is 0 Å². The van der Waals surface area contributed by atoms with E-state index in [9.17, 15) is 0 Å². The van der Waals surface area contributed by atoms with Crippen molar-refractivity contribution in [3.8, 4) is 0 Å². The van der Waals surface area contributed by atoms with Crippen LogP contribution in [0.5, 0.6) is 0 Å². The Hall–Kier alpha value is -1.38. The summed E-state index contributed by atoms with van der Waals surface area (Å²) >= 11 is 0. The molecule has 0 aliphatic heterocycles. The predicted octanol–water partition coefficient (Wildman–Crippen LogP) is 0.929. The zero-order chi connectivity index (χ0) is 6.36. The van der Waals surface area contributed by atoms with Crippen LogP contribution in [0.1, 0.15) is 0 Å². The molecule has 0 aromatic carbocycles. The number of nitrogens with one attached hydrogen (secondary N) is 1. The third-order valence-electron chi connectivity index (χ3n) is 0.752. The summed E-state index contributed by atoms with van der Waals surface area (Å²) < 4.78 is 0. The summed E-state index contributed by atoms with van der Waals surface area (Å²) in [6.07, 6.45) is 9.99. The van der Waals surface area contributed by atoms with Crippen LogP contribution in [0.4, 0.5) is 0 Å². The van der Waals surface area contributed by atoms with Gasteiger partial charge in [-0.3, -0.25) is 9.97 Å². The van der Waals surface area contributed by atoms with Gasteiger partial charge >= 0.3 is 0 Å². The summed E-state index contributed by atoms with van der Waals surface area (Å²) in [5.41, 5.74) is 0. The minimum atomic E-state index is 1.62. The normalized spacial score (nSPS) is 8.00. The minimum Gasteiger partial charge on any atom is -0.365 e. The largest absolute Gasteiger partial charge is 0.365 e. The summed E-state index contributed by atoms with van der Waals surface area (Å²) in [6.45, 7) is 0. The first-order chi connectivity index (χ1) is 4.50. The zero-order valence-corrected chi connectivity index (χ0v) is 4.86. The Morgan fingerprint density at radius 2 is 1.33 bits per heavy atom. The van der Waals surface area contributed by atoms with Crippen molar-refractivity contribution in [1.29, 1.82) is 0 Å². The van der Waals surface area contributed by atoms with E-state index in [1.54, 1.807) is 37.2 Å². The second kappa shape index (κ2) is 3.60. The molecule has 1 aromatic heterocycles. The molecule has 1 rings (SSSR count). The fraction of sp³-hybridized carbons (Fsp3) is 0. The van der Waals surface area contributed by atoms with Crippen molar-refractivity contribution in [2.24, 2.45) is 0 Å². The molecule has 0 atom stereocenters. The Kier molecular flexibility index (Phi) is 2.30. The van der Waals surface area contributed by atoms with Crippen LogP contribution in [-0.2, 0) is 0 Å². The van der Waals surface area contributed by atoms with Gasteiger partial charge in [0.05, 0.1) is 0 Å². The Bertz CT molecular complexity index is 130. The Morgan fingerprint density at radius 1 is 0.778 bits per heavy atom. The van der Waals surface area contributed by atoms with Crippen molar-refractivity contribution in [3.05, 3.63) is 37.2 Å². The highest BCUT2D eigenvalue weighted by atomic mass is 14.7. The van der Waals surface area contributed by atoms with Crippen LogP contribution in [0.25, 0.3) is 0 Å². The number of hydrogen-bond donors (Lipinski definition) is 1. The van der Waals surface area contributed by atoms with Crippen molar-refractivity contribution in [2.75, 3.05) is 0 Å². The quantitative estimate of drug-likeness (QED) is 0.554. The second-order valence-electron chi connectivity index (χ2n) is 1.39. The molecule has 0 spiro atoms. The summed E-state index contributed by atoms with van der Waals surface area (Å²) in [6, 6.07) is 0. The highest BCUT2D eigenvalue weighted by molar-refractivity contribution is 4.71. The Labute approximate surface area is 53.1 Å². The molecular formula is C6H7N3. The number of H-pyrrole nitrogens is 1. The fourth-order valence-corrected chi connectivity index (χ4v) is 0.404. The van der Waals surface area contributed by atoms with Gasteiger partial charge in [0.25, 0.3) is 0 Å². The molecule has 46 valence electrons. The fourth-order valence-electron chi connectivity index (χ4n) is 0.404. The maximum atomic E-state index is 3.83. The molecular weight excluding hydrogens is 114 g/mol. The topological polar surface area (TPSA) is 41.6 Å². The standard InChI is InChI=1S/C6H7N3/c1-2-8-5-6-9-4-3-7-1/h1-7H. The van der Waals surface area contributed by atoms with Crippen molar-refractivity contribution in [1.82, 2.24) is 15.0 Å². The summed E-state index contributed by atoms with van der Waals surface area (Å²) in [7, 11) is 0. The third kappa shape index (κ3) is 2.43. The molecule has 0 saturated carbocycles. The van der Waals surface area contributed by atoms with Crippen LogP contribution >= 0.6 is 0 Å². The van der Waals surface area contributed by atoms with E-state index in [2.05, 4.69) is 15.0 Å². The first-order valence-electron chi connectivity index (χ1n) is 2.61. The average Bonchev–Trinajstić information content (AvgIpc) is 2.00. The maximum absolute atomic E-state index is 3.83. The second-order valence-corrected chi connectivity index (χ2v) is 1.39. The highest BCUT2D eigenvalue weighted by Crippen LogP contribution is 1.66. The van der Waals surface area contributed by atoms with Crippen molar-refractivity contribution in [2.45, 2.75) is 0 Å². The van der Waals surface area contributed by atoms with Gasteiger partial charge in [-0.25, -0.2) is 0 Å². The van der Waals surface area contributed by atoms with Gasteiger partial charge in [-0.15, -0.1) is 0 Å². The summed E-state index contributed by atoms with van der Waals surface area (Å²) in [5.74, 6) is 0. The molecule has 0 aliphatic rings. The highest BCUT2D eigenvalue weighted by Gasteiger charge is 1.57. The van der Waals surface area contributed by atoms with Gasteiger partial charge in [-0.05, 0) is 0 Å². The molecule has 9 heavy (non-hydrogen) atoms. The van der Waals surface area contributed by atoms with Crippen LogP contribution in [0.3, 0.4) is 0 Å². The molecule has 0 fully saturated rings. The molecule has 1 heterocycles. The number of nitrogens with zero attached hydrogens (tertiary/aromatic N) is 2. The zero-order valence-electron chi connectivity index (χ0n) is 4.86. The van der Waals surface area contributed by atoms with E-state index in [1.165, 1.54) is 0 Å². The van der Waals surface area contributed by atoms with E-state index in [1.807, 2.05) is 0 Å². The third-order valence-corrected chi connectivity index (χ3v) is 0.752. The van der Waals surface area contributed by atoms with E-state index in [0.717, 1.165) is 0 Å². The predicted molar refractivity (Wildman–Crippen MR) is 34.0 cm³/mol. The first kappa shape index (κ1) is 5.75. The molecule has 0 aliphatic carbocycles. The lowest BCUT2D eigenvalue weighted by atomic mass is 10.9. The average molecular weight is 121 g/mol. The van der Waals surface area contributed by atoms with Gasteiger partial charge in [0.15, 0.2) is 0 Å². The van der Waals surface area contributed by atoms with Gasteiger partial charge in [-0.2, -0.15) is 0 Å². The Balaban J connectivity index is 3.04. The maximum Gasteiger partial charge on any atom is 0.0451 e. The van der Waals surface area contributed by atoms with E-state index in [4.69, 9.17) is 0 Å². The number of rotatable bonds is 0. The number of aromatic nitrogens is 3. The van der Waals surface area contributed by atoms with Crippen LogP contribution in [0.15, 0.2) is 37.2 Å². The lowest BCUT2D eigenvalue weighted by molar-refractivity contribution is 1.29. The smallest absolute Gasteiger partial charge is 0.0451 e. The molecule has 0 radical (unpaired) electrons. The number of aromatic amines is 1. The van der Waals surface area contributed by atoms with Gasteiger partial charge in [0.1, 0.15) is 0 Å². The Morgan fingerprint density at radius 3 is 1.89 bits per heavy atom. The van der Waals surface area contributed by atoms with Crippen LogP contribution in [0, 0.1) is 0 Å². The van der Waals surface area contributed by atoms with Gasteiger partial charge in [-0.1, -0.05) is 0 Å². The van der Waals surface area contributed by atoms with E-state index in [-0.39, 0.29) is 0 Å². The van der Waals surface area contributed by atoms with Crippen LogP contribution in [0.2, 0.25) is 0 Å². The van der Waals surface area contributed by atoms with Crippen LogP contribution < -0.4 is 0 Å². The molecule has 0 bridgehead atoms. The molecule has 0 unspecified atom stereocenters. The monoisotopic (exact) mass is 121 g/mol. The van der Waals surface area contributed by atoms with Crippen LogP contribution in [-0.4, -0.2) is 15.0 Å². The summed E-state index contributed by atoms with van der Waals surface area (Å²) in [4.78, 5) is 10.5. The van der Waals surface area contributed by atoms with Crippen molar-refractivity contribution in [3.63, 3.8) is 0 Å². The molecule has 0 saturated heterocycles. The molecule has 3 heteroatoms. The van der Waals surface area contributed by atoms with Crippen molar-refractivity contribution < 1.29 is 0 Å². The van der Waals surface area contributed by atoms with Gasteiger partial charge in [0.2, 0.25) is 0 Å². The lowest BCUT2D eigenvalue weighted by Gasteiger charge is -1.64. The SMILES string of the molecule is c1cncc[nH]ccn1. The number of hydrogen-bond acceptors (Lipinski definition) is 2. The van der Waals surface area contributed by atoms with E-state index in [0.29, 0.717) is 0 Å². The lowest BCUT2D eigenvalue weighted by Crippen LogP contribution is -1.56. The molecule has 3 nitrogen and oxygen atoms in total. The van der Waals surface area contributed by atoms with Gasteiger partial charge in [0, 0.05) is 37.2 Å². The summed E-state index contributed by atoms with van der Waals surface area (Å²) in [5, 5.41) is 0. The first-order valence-corrected chi connectivity index (χ1v) is 2.61. The van der Waals surface area contributed by atoms with E-state index < -0.39 is 0 Å². The van der Waals surface area contributed by atoms with Crippen molar-refractivity contribution >= 4 is 0 Å². The molecule has 1 aromatic rings. The minimum absolute atomic E-state index is 1.62. The molecule has 1 N–H and O–H groups in total.